The standard InChI is InChI=1S/C15H20N4O2/c20-14(18-7-10-2-3-10)12-6-11-8-19(9-13(12)21-11)15-16-4-1-5-17-15/h1,4-5,10-13H,2-3,6-9H2,(H,18,20)/t11-,12-,13+/m0/s1. The number of morpholine rings is 1. The van der Waals surface area contributed by atoms with Crippen LogP contribution in [0.4, 0.5) is 5.95 Å². The quantitative estimate of drug-likeness (QED) is 0.878. The monoisotopic (exact) mass is 288 g/mol. The number of anilines is 1. The maximum Gasteiger partial charge on any atom is 0.225 e. The van der Waals surface area contributed by atoms with Gasteiger partial charge in [0.15, 0.2) is 0 Å². The molecule has 1 saturated carbocycles. The van der Waals surface area contributed by atoms with Crippen molar-refractivity contribution in [2.24, 2.45) is 11.8 Å². The van der Waals surface area contributed by atoms with Gasteiger partial charge in [0.1, 0.15) is 0 Å². The van der Waals surface area contributed by atoms with Crippen LogP contribution in [0.2, 0.25) is 0 Å². The van der Waals surface area contributed by atoms with E-state index in [-0.39, 0.29) is 24.0 Å². The summed E-state index contributed by atoms with van der Waals surface area (Å²) in [5.74, 6) is 1.58. The van der Waals surface area contributed by atoms with E-state index >= 15 is 0 Å². The van der Waals surface area contributed by atoms with Gasteiger partial charge in [-0.25, -0.2) is 9.97 Å². The zero-order valence-corrected chi connectivity index (χ0v) is 11.9. The SMILES string of the molecule is O=C(NCC1CC1)[C@H]1C[C@H]2CN(c3ncccn3)C[C@H]1O2. The number of rotatable bonds is 4. The Labute approximate surface area is 123 Å². The van der Waals surface area contributed by atoms with Gasteiger partial charge < -0.3 is 15.0 Å². The number of hydrogen-bond acceptors (Lipinski definition) is 5. The Balaban J connectivity index is 1.40. The lowest BCUT2D eigenvalue weighted by atomic mass is 9.99. The van der Waals surface area contributed by atoms with Crippen LogP contribution in [0.15, 0.2) is 18.5 Å². The zero-order valence-electron chi connectivity index (χ0n) is 11.9. The fraction of sp³-hybridized carbons (Fsp3) is 0.667. The molecule has 2 aliphatic heterocycles. The first-order valence-electron chi connectivity index (χ1n) is 7.75. The molecule has 2 bridgehead atoms. The maximum atomic E-state index is 12.3. The van der Waals surface area contributed by atoms with Crippen LogP contribution in [-0.4, -0.2) is 47.7 Å². The van der Waals surface area contributed by atoms with Crippen molar-refractivity contribution in [2.45, 2.75) is 31.5 Å². The molecule has 6 heteroatoms. The molecule has 4 rings (SSSR count). The molecule has 3 aliphatic rings. The Kier molecular flexibility index (Phi) is 3.25. The molecule has 6 nitrogen and oxygen atoms in total. The molecule has 0 spiro atoms. The van der Waals surface area contributed by atoms with Crippen LogP contribution in [0, 0.1) is 11.8 Å². The minimum absolute atomic E-state index is 0.0255. The highest BCUT2D eigenvalue weighted by Crippen LogP contribution is 2.33. The van der Waals surface area contributed by atoms with Crippen molar-refractivity contribution in [3.05, 3.63) is 18.5 Å². The highest BCUT2D eigenvalue weighted by molar-refractivity contribution is 5.80. The molecule has 0 unspecified atom stereocenters. The minimum Gasteiger partial charge on any atom is -0.370 e. The molecule has 0 aromatic carbocycles. The number of fused-ring (bicyclic) bond motifs is 2. The van der Waals surface area contributed by atoms with Gasteiger partial charge in [-0.1, -0.05) is 0 Å². The molecule has 112 valence electrons. The number of carbonyl (C=O) groups excluding carboxylic acids is 1. The molecule has 3 atom stereocenters. The van der Waals surface area contributed by atoms with Gasteiger partial charge >= 0.3 is 0 Å². The van der Waals surface area contributed by atoms with Gasteiger partial charge in [0, 0.05) is 32.0 Å². The summed E-state index contributed by atoms with van der Waals surface area (Å²) in [6, 6.07) is 1.81. The average molecular weight is 288 g/mol. The molecule has 2 saturated heterocycles. The van der Waals surface area contributed by atoms with E-state index in [0.29, 0.717) is 12.5 Å². The molecule has 1 N–H and O–H groups in total. The summed E-state index contributed by atoms with van der Waals surface area (Å²) in [7, 11) is 0. The highest BCUT2D eigenvalue weighted by atomic mass is 16.5. The second-order valence-corrected chi connectivity index (χ2v) is 6.28. The van der Waals surface area contributed by atoms with Crippen molar-refractivity contribution in [1.29, 1.82) is 0 Å². The Morgan fingerprint density at radius 2 is 2.14 bits per heavy atom. The number of nitrogens with zero attached hydrogens (tertiary/aromatic N) is 3. The van der Waals surface area contributed by atoms with E-state index in [9.17, 15) is 4.79 Å². The van der Waals surface area contributed by atoms with E-state index < -0.39 is 0 Å². The number of nitrogens with one attached hydrogen (secondary N) is 1. The summed E-state index contributed by atoms with van der Waals surface area (Å²) in [5, 5.41) is 3.09. The van der Waals surface area contributed by atoms with Gasteiger partial charge in [0.25, 0.3) is 0 Å². The third-order valence-corrected chi connectivity index (χ3v) is 4.59. The zero-order chi connectivity index (χ0) is 14.2. The normalized spacial score (nSPS) is 31.2. The lowest BCUT2D eigenvalue weighted by Crippen LogP contribution is -2.46. The molecule has 1 amide bonds. The lowest BCUT2D eigenvalue weighted by molar-refractivity contribution is -0.126. The van der Waals surface area contributed by atoms with Gasteiger partial charge in [-0.15, -0.1) is 0 Å². The van der Waals surface area contributed by atoms with E-state index in [2.05, 4.69) is 20.2 Å². The lowest BCUT2D eigenvalue weighted by Gasteiger charge is -2.32. The van der Waals surface area contributed by atoms with Crippen LogP contribution in [0.3, 0.4) is 0 Å². The van der Waals surface area contributed by atoms with E-state index in [1.807, 2.05) is 6.07 Å². The number of ether oxygens (including phenoxy) is 1. The van der Waals surface area contributed by atoms with Gasteiger partial charge in [-0.3, -0.25) is 4.79 Å². The second kappa shape index (κ2) is 5.26. The first kappa shape index (κ1) is 13.0. The predicted octanol–water partition coefficient (Wildman–Crippen LogP) is 0.596. The highest BCUT2D eigenvalue weighted by Gasteiger charge is 2.45. The largest absolute Gasteiger partial charge is 0.370 e. The molecule has 21 heavy (non-hydrogen) atoms. The second-order valence-electron chi connectivity index (χ2n) is 6.28. The molecular weight excluding hydrogens is 268 g/mol. The summed E-state index contributed by atoms with van der Waals surface area (Å²) >= 11 is 0. The molecule has 3 heterocycles. The minimum atomic E-state index is -0.0354. The maximum absolute atomic E-state index is 12.3. The van der Waals surface area contributed by atoms with E-state index in [4.69, 9.17) is 4.74 Å². The van der Waals surface area contributed by atoms with Gasteiger partial charge in [0.2, 0.25) is 11.9 Å². The average Bonchev–Trinajstić information content (AvgIpc) is 3.30. The predicted molar refractivity (Wildman–Crippen MR) is 76.7 cm³/mol. The van der Waals surface area contributed by atoms with Gasteiger partial charge in [-0.2, -0.15) is 0 Å². The molecular formula is C15H20N4O2. The van der Waals surface area contributed by atoms with Crippen molar-refractivity contribution >= 4 is 11.9 Å². The van der Waals surface area contributed by atoms with Crippen LogP contribution in [0.25, 0.3) is 0 Å². The van der Waals surface area contributed by atoms with Crippen molar-refractivity contribution in [2.75, 3.05) is 24.5 Å². The third kappa shape index (κ3) is 2.72. The van der Waals surface area contributed by atoms with Gasteiger partial charge in [-0.05, 0) is 31.2 Å². The first-order chi connectivity index (χ1) is 10.3. The Bertz CT molecular complexity index is 520. The summed E-state index contributed by atoms with van der Waals surface area (Å²) in [6.07, 6.45) is 6.90. The van der Waals surface area contributed by atoms with Crippen LogP contribution >= 0.6 is 0 Å². The molecule has 1 aliphatic carbocycles. The van der Waals surface area contributed by atoms with E-state index in [1.165, 1.54) is 12.8 Å². The first-order valence-corrected chi connectivity index (χ1v) is 7.75. The Hall–Kier alpha value is -1.69. The van der Waals surface area contributed by atoms with Gasteiger partial charge in [0.05, 0.1) is 18.1 Å². The number of hydrogen-bond donors (Lipinski definition) is 1. The topological polar surface area (TPSA) is 67.4 Å². The molecule has 1 aromatic rings. The van der Waals surface area contributed by atoms with Crippen molar-refractivity contribution in [3.8, 4) is 0 Å². The molecule has 0 radical (unpaired) electrons. The Morgan fingerprint density at radius 1 is 1.33 bits per heavy atom. The van der Waals surface area contributed by atoms with E-state index in [1.54, 1.807) is 12.4 Å². The third-order valence-electron chi connectivity index (χ3n) is 4.59. The van der Waals surface area contributed by atoms with E-state index in [0.717, 1.165) is 25.5 Å². The van der Waals surface area contributed by atoms with Crippen molar-refractivity contribution in [3.63, 3.8) is 0 Å². The van der Waals surface area contributed by atoms with Crippen LogP contribution in [-0.2, 0) is 9.53 Å². The fourth-order valence-electron chi connectivity index (χ4n) is 3.25. The van der Waals surface area contributed by atoms with Crippen molar-refractivity contribution < 1.29 is 9.53 Å². The summed E-state index contributed by atoms with van der Waals surface area (Å²) in [5.41, 5.74) is 0. The summed E-state index contributed by atoms with van der Waals surface area (Å²) < 4.78 is 5.95. The fourth-order valence-corrected chi connectivity index (χ4v) is 3.25. The van der Waals surface area contributed by atoms with Crippen LogP contribution < -0.4 is 10.2 Å². The smallest absolute Gasteiger partial charge is 0.225 e. The molecule has 1 aromatic heterocycles. The van der Waals surface area contributed by atoms with Crippen LogP contribution in [0.1, 0.15) is 19.3 Å². The summed E-state index contributed by atoms with van der Waals surface area (Å²) in [6.45, 7) is 2.30. The van der Waals surface area contributed by atoms with Crippen molar-refractivity contribution in [1.82, 2.24) is 15.3 Å². The summed E-state index contributed by atoms with van der Waals surface area (Å²) in [4.78, 5) is 23.0. The number of amides is 1. The number of carbonyl (C=O) groups is 1. The van der Waals surface area contributed by atoms with Crippen LogP contribution in [0.5, 0.6) is 0 Å². The molecule has 3 fully saturated rings. The number of aromatic nitrogens is 2. The Morgan fingerprint density at radius 3 is 2.90 bits per heavy atom.